The van der Waals surface area contributed by atoms with Crippen molar-refractivity contribution >= 4 is 0 Å². The molecule has 9 fully saturated rings. The topological polar surface area (TPSA) is 60.7 Å². The molecule has 2 aromatic rings. The Morgan fingerprint density at radius 1 is 0.321 bits per heavy atom. The maximum Gasteiger partial charge on any atom is 3.00 e. The zero-order valence-corrected chi connectivity index (χ0v) is 87.1. The van der Waals surface area contributed by atoms with Crippen molar-refractivity contribution in [3.63, 3.8) is 0 Å². The number of fused-ring (bicyclic) bond motifs is 3. The van der Waals surface area contributed by atoms with Gasteiger partial charge in [-0.25, -0.2) is 0 Å². The molecule has 0 spiro atoms. The van der Waals surface area contributed by atoms with Crippen LogP contribution < -0.4 is 0 Å². The van der Waals surface area contributed by atoms with Crippen molar-refractivity contribution < 1.29 is 93.9 Å². The maximum absolute atomic E-state index is 9.93. The number of hydrogen-bond acceptors (Lipinski definition) is 3. The van der Waals surface area contributed by atoms with Crippen molar-refractivity contribution in [2.45, 2.75) is 347 Å². The van der Waals surface area contributed by atoms with Crippen LogP contribution in [0.25, 0.3) is 0 Å². The van der Waals surface area contributed by atoms with E-state index in [0.717, 1.165) is 183 Å². The van der Waals surface area contributed by atoms with Crippen LogP contribution in [0.4, 0.5) is 0 Å². The van der Waals surface area contributed by atoms with E-state index in [9.17, 15) is 10.2 Å². The minimum Gasteiger partial charge on any atom is -0.508 e. The van der Waals surface area contributed by atoms with Crippen LogP contribution in [-0.4, -0.2) is 20.9 Å². The first-order valence-electron chi connectivity index (χ1n) is 40.7. The second kappa shape index (κ2) is 56.9. The summed E-state index contributed by atoms with van der Waals surface area (Å²) >= 11 is 0. The molecule has 11 rings (SSSR count). The molecule has 3 nitrogen and oxygen atoms in total. The molecule has 0 saturated heterocycles. The maximum atomic E-state index is 9.93. The first-order chi connectivity index (χ1) is 43.3. The van der Waals surface area contributed by atoms with E-state index in [4.69, 9.17) is 5.11 Å². The molecule has 12 atom stereocenters. The van der Waals surface area contributed by atoms with E-state index in [2.05, 4.69) is 221 Å². The minimum absolute atomic E-state index is 0. The van der Waals surface area contributed by atoms with Crippen molar-refractivity contribution in [3.8, 4) is 11.5 Å². The molecule has 0 heterocycles. The molecule has 9 aliphatic carbocycles. The summed E-state index contributed by atoms with van der Waals surface area (Å²) in [4.78, 5) is 0. The van der Waals surface area contributed by atoms with Gasteiger partial charge in [-0.1, -0.05) is 329 Å². The third-order valence-corrected chi connectivity index (χ3v) is 29.4. The van der Waals surface area contributed by atoms with Crippen LogP contribution in [0, 0.1) is 227 Å². The number of phenols is 2. The fourth-order valence-corrected chi connectivity index (χ4v) is 20.7. The van der Waals surface area contributed by atoms with Gasteiger partial charge in [0, 0.05) is 0 Å². The number of phenolic OH excluding ortho intramolecular Hbond substituents is 2. The Balaban J connectivity index is -0.000000123. The predicted octanol–water partition coefficient (Wildman–Crippen LogP) is 31.6. The van der Waals surface area contributed by atoms with Gasteiger partial charge in [0.15, 0.2) is 0 Å². The molecule has 623 valence electrons. The number of para-hydroxylation sites is 1. The van der Waals surface area contributed by atoms with Gasteiger partial charge in [0.1, 0.15) is 11.5 Å². The predicted molar refractivity (Wildman–Crippen MR) is 475 cm³/mol. The van der Waals surface area contributed by atoms with E-state index in [-0.39, 0.29) is 156 Å². The molecule has 0 amide bonds. The molecule has 9 saturated carbocycles. The van der Waals surface area contributed by atoms with Crippen LogP contribution in [0.3, 0.4) is 0 Å². The van der Waals surface area contributed by atoms with E-state index in [0.29, 0.717) is 23.3 Å². The summed E-state index contributed by atoms with van der Waals surface area (Å²) in [6.07, 6.45) is 18.7. The van der Waals surface area contributed by atoms with Crippen LogP contribution in [-0.2, 0) is 89.4 Å². The molecular weight excluding hydrogens is 1520 g/mol. The molecule has 0 aromatic heterocycles. The number of benzene rings is 2. The molecule has 3 radical (unpaired) electrons. The van der Waals surface area contributed by atoms with Gasteiger partial charge in [-0.3, -0.25) is 0 Å². The molecular formula is C100H193O3Zr3. The van der Waals surface area contributed by atoms with Crippen molar-refractivity contribution in [1.82, 2.24) is 0 Å². The molecule has 0 bridgehead atoms. The normalized spacial score (nSPS) is 33.2. The summed E-state index contributed by atoms with van der Waals surface area (Å²) < 4.78 is 0. The quantitative estimate of drug-likeness (QED) is 0.268. The average molecular weight is 1720 g/mol. The van der Waals surface area contributed by atoms with Gasteiger partial charge in [-0.2, -0.15) is 0 Å². The first kappa shape index (κ1) is 127. The summed E-state index contributed by atoms with van der Waals surface area (Å²) in [7, 11) is 0. The van der Waals surface area contributed by atoms with Crippen LogP contribution in [0.15, 0.2) is 36.4 Å². The molecule has 6 heteroatoms. The zero-order valence-electron chi connectivity index (χ0n) is 79.7. The number of aliphatic hydroxyl groups is 1. The minimum atomic E-state index is -0.458. The summed E-state index contributed by atoms with van der Waals surface area (Å²) in [6.45, 7) is 78.6. The Morgan fingerprint density at radius 2 is 0.509 bits per heavy atom. The molecule has 12 unspecified atom stereocenters. The van der Waals surface area contributed by atoms with Gasteiger partial charge in [-0.05, 0) is 231 Å². The Morgan fingerprint density at radius 3 is 0.642 bits per heavy atom. The Labute approximate surface area is 731 Å². The van der Waals surface area contributed by atoms with Crippen LogP contribution in [0.2, 0.25) is 0 Å². The van der Waals surface area contributed by atoms with Crippen LogP contribution in [0.5, 0.6) is 11.5 Å². The van der Waals surface area contributed by atoms with E-state index >= 15 is 0 Å². The molecule has 9 aliphatic rings. The standard InChI is InChI=1S/C14H22O.3C14H26.C12H18O.3C6H12.C5H12O.9CH3.3Zr/c1-13(2,3)10-7-8-12(15)11(9-10)14(4,5)6;3*1-7-9(3)13-11(5)8(2)12(6)14(13)10(7)4;1-8(2)10-6-5-7-11(9(3)4)12(10)13;3*1-6-4-2-3-5-6;1-4-5(2,3)6;;;;;;;;;;;;/h7-9,15H,1-6H3;3*7-14H,1-6H3;5-9,13H,1-4H3;3*6H,2-5H2,1H3;6H,4H2,1-3H3;9*1H3;;;/q;;;;;;;;;9*-1;3*+3. The van der Waals surface area contributed by atoms with Crippen LogP contribution in [0.1, 0.15) is 353 Å². The SMILES string of the molecule is CC(C)(C)c1ccc(O)c(C(C)(C)C)c1.CC(C)c1cccc(C(C)C)c1O.CC1C(C)C2C(C)C(C)C(C)C2C1C.CC1C(C)C2C(C)C(C)C(C)C2C1C.CC1C(C)C2C(C)C(C)C(C)C2C1C.CC1CCCC1.CC1CCCC1.CC1CCCC1.CCC(C)(C)O.[CH3-].[CH3-].[CH3-].[CH3-].[CH3-].[CH3-].[CH3-].[CH3-].[CH3-].[Zr+3].[Zr+3].[Zr+3]. The molecule has 0 aliphatic heterocycles. The van der Waals surface area contributed by atoms with Gasteiger partial charge in [0.2, 0.25) is 0 Å². The van der Waals surface area contributed by atoms with Gasteiger partial charge in [-0.15, -0.1) is 0 Å². The summed E-state index contributed by atoms with van der Waals surface area (Å²) in [5.74, 6) is 28.1. The van der Waals surface area contributed by atoms with E-state index < -0.39 is 5.60 Å². The third-order valence-electron chi connectivity index (χ3n) is 29.4. The second-order valence-electron chi connectivity index (χ2n) is 38.6. The Hall–Kier alpha value is 0.649. The van der Waals surface area contributed by atoms with E-state index in [1.54, 1.807) is 19.9 Å². The monoisotopic (exact) mass is 1710 g/mol. The Kier molecular flexibility index (Phi) is 68.4. The number of hydrogen-bond donors (Lipinski definition) is 3. The van der Waals surface area contributed by atoms with Crippen molar-refractivity contribution in [1.29, 1.82) is 0 Å². The fourth-order valence-electron chi connectivity index (χ4n) is 20.7. The molecule has 3 N–H and O–H groups in total. The average Bonchev–Trinajstić information content (AvgIpc) is 1.60. The van der Waals surface area contributed by atoms with Crippen molar-refractivity contribution in [3.05, 3.63) is 125 Å². The molecule has 106 heavy (non-hydrogen) atoms. The second-order valence-corrected chi connectivity index (χ2v) is 38.6. The summed E-state index contributed by atoms with van der Waals surface area (Å²) in [5, 5.41) is 28.6. The van der Waals surface area contributed by atoms with E-state index in [1.165, 1.54) is 82.6 Å². The summed E-state index contributed by atoms with van der Waals surface area (Å²) in [6, 6.07) is 11.9. The van der Waals surface area contributed by atoms with Gasteiger partial charge >= 0.3 is 78.6 Å². The Bertz CT molecular complexity index is 2120. The molecule has 2 aromatic carbocycles. The fraction of sp³-hybridized carbons (Fsp3) is 0.790. The van der Waals surface area contributed by atoms with E-state index in [1.807, 2.05) is 31.2 Å². The smallest absolute Gasteiger partial charge is 0.508 e. The number of aromatic hydroxyl groups is 2. The zero-order chi connectivity index (χ0) is 72.1. The van der Waals surface area contributed by atoms with Gasteiger partial charge < -0.3 is 82.2 Å². The first-order valence-corrected chi connectivity index (χ1v) is 40.7. The third kappa shape index (κ3) is 34.8. The number of rotatable bonds is 3. The van der Waals surface area contributed by atoms with Gasteiger partial charge in [0.25, 0.3) is 0 Å². The largest absolute Gasteiger partial charge is 3.00 e. The van der Waals surface area contributed by atoms with Crippen molar-refractivity contribution in [2.75, 3.05) is 0 Å². The van der Waals surface area contributed by atoms with Crippen molar-refractivity contribution in [2.24, 2.45) is 160 Å². The van der Waals surface area contributed by atoms with Gasteiger partial charge in [0.05, 0.1) is 5.60 Å². The van der Waals surface area contributed by atoms with Crippen LogP contribution >= 0.6 is 0 Å². The summed E-state index contributed by atoms with van der Waals surface area (Å²) in [5.41, 5.74) is 4.05.